The van der Waals surface area contributed by atoms with Crippen LogP contribution in [-0.4, -0.2) is 37.7 Å². The molecule has 6 aromatic rings. The maximum atomic E-state index is 13.9. The van der Waals surface area contributed by atoms with Gasteiger partial charge in [0.25, 0.3) is 15.6 Å². The lowest BCUT2D eigenvalue weighted by atomic mass is 10.2. The van der Waals surface area contributed by atoms with E-state index in [1.807, 2.05) is 35.4 Å². The van der Waals surface area contributed by atoms with E-state index in [2.05, 4.69) is 19.8 Å². The van der Waals surface area contributed by atoms with Gasteiger partial charge in [-0.2, -0.15) is 18.3 Å². The molecule has 3 heterocycles. The smallest absolute Gasteiger partial charge is 0.323 e. The molecule has 10 nitrogen and oxygen atoms in total. The average Bonchev–Trinajstić information content (AvgIpc) is 3.63. The number of nitrogens with zero attached hydrogens (tertiary/aromatic N) is 4. The van der Waals surface area contributed by atoms with Crippen LogP contribution in [0.4, 0.5) is 19.1 Å². The highest BCUT2D eigenvalue weighted by Gasteiger charge is 2.38. The molecule has 6 rings (SSSR count). The fourth-order valence-corrected chi connectivity index (χ4v) is 5.92. The molecule has 0 bridgehead atoms. The molecule has 0 atom stereocenters. The van der Waals surface area contributed by atoms with Crippen molar-refractivity contribution in [3.05, 3.63) is 111 Å². The van der Waals surface area contributed by atoms with Gasteiger partial charge in [0, 0.05) is 5.02 Å². The van der Waals surface area contributed by atoms with Crippen molar-refractivity contribution < 1.29 is 21.6 Å². The number of alkyl halides is 3. The summed E-state index contributed by atoms with van der Waals surface area (Å²) in [6, 6.07) is 20.1. The van der Waals surface area contributed by atoms with Crippen molar-refractivity contribution in [3.63, 3.8) is 0 Å². The summed E-state index contributed by atoms with van der Waals surface area (Å²) in [5.41, 5.74) is -1.07. The average molecular weight is 644 g/mol. The molecule has 0 radical (unpaired) electrons. The van der Waals surface area contributed by atoms with Crippen molar-refractivity contribution >= 4 is 50.8 Å². The summed E-state index contributed by atoms with van der Waals surface area (Å²) < 4.78 is 71.9. The van der Waals surface area contributed by atoms with Crippen LogP contribution in [0, 0.1) is 4.77 Å². The summed E-state index contributed by atoms with van der Waals surface area (Å²) >= 11 is 11.5. The van der Waals surface area contributed by atoms with E-state index < -0.39 is 32.8 Å². The van der Waals surface area contributed by atoms with Gasteiger partial charge in [0.2, 0.25) is 5.95 Å². The lowest BCUT2D eigenvalue weighted by Gasteiger charge is -2.15. The van der Waals surface area contributed by atoms with E-state index >= 15 is 0 Å². The van der Waals surface area contributed by atoms with E-state index in [0.717, 1.165) is 10.1 Å². The summed E-state index contributed by atoms with van der Waals surface area (Å²) in [6.45, 7) is 0. The van der Waals surface area contributed by atoms with Gasteiger partial charge in [0.15, 0.2) is 16.1 Å². The van der Waals surface area contributed by atoms with Gasteiger partial charge in [-0.3, -0.25) is 19.0 Å². The van der Waals surface area contributed by atoms with Gasteiger partial charge in [-0.05, 0) is 66.3 Å². The number of fused-ring (bicyclic) bond motifs is 1. The third kappa shape index (κ3) is 5.22. The number of sulfonamides is 1. The lowest BCUT2D eigenvalue weighted by Crippen LogP contribution is -2.25. The number of benzene rings is 3. The van der Waals surface area contributed by atoms with Gasteiger partial charge in [-0.15, -0.1) is 0 Å². The minimum atomic E-state index is -4.93. The zero-order valence-electron chi connectivity index (χ0n) is 21.4. The van der Waals surface area contributed by atoms with Crippen LogP contribution in [0.3, 0.4) is 0 Å². The molecule has 3 aromatic heterocycles. The first-order valence-electron chi connectivity index (χ1n) is 12.3. The largest absolute Gasteiger partial charge is 0.433 e. The molecular weight excluding hydrogens is 627 g/mol. The molecule has 0 aliphatic heterocycles. The van der Waals surface area contributed by atoms with Crippen LogP contribution in [0.15, 0.2) is 94.7 Å². The summed E-state index contributed by atoms with van der Waals surface area (Å²) in [6.07, 6.45) is -3.45. The second-order valence-electron chi connectivity index (χ2n) is 9.14. The van der Waals surface area contributed by atoms with Crippen molar-refractivity contribution in [2.45, 2.75) is 11.1 Å². The lowest BCUT2D eigenvalue weighted by molar-refractivity contribution is -0.140. The predicted molar refractivity (Wildman–Crippen MR) is 157 cm³/mol. The molecule has 0 aliphatic carbocycles. The van der Waals surface area contributed by atoms with Gasteiger partial charge < -0.3 is 4.98 Å². The van der Waals surface area contributed by atoms with E-state index in [1.54, 1.807) is 0 Å². The number of imidazole rings is 1. The van der Waals surface area contributed by atoms with Gasteiger partial charge in [-0.25, -0.2) is 18.1 Å². The molecular formula is C27H17ClF3N7O3S2. The molecule has 3 N–H and O–H groups in total. The van der Waals surface area contributed by atoms with E-state index in [0.29, 0.717) is 16.4 Å². The number of hydrogen-bond donors (Lipinski definition) is 3. The minimum Gasteiger partial charge on any atom is -0.323 e. The summed E-state index contributed by atoms with van der Waals surface area (Å²) in [4.78, 5) is 20.3. The van der Waals surface area contributed by atoms with E-state index in [-0.39, 0.29) is 26.9 Å². The molecule has 0 amide bonds. The maximum absolute atomic E-state index is 13.9. The van der Waals surface area contributed by atoms with Crippen molar-refractivity contribution in [1.82, 2.24) is 29.3 Å². The van der Waals surface area contributed by atoms with E-state index in [4.69, 9.17) is 23.8 Å². The number of aromatic nitrogens is 6. The number of anilines is 1. The Kier molecular flexibility index (Phi) is 6.95. The summed E-state index contributed by atoms with van der Waals surface area (Å²) in [5.74, 6) is -0.0268. The van der Waals surface area contributed by atoms with Crippen molar-refractivity contribution in [2.75, 3.05) is 4.72 Å². The Morgan fingerprint density at radius 2 is 1.53 bits per heavy atom. The molecule has 0 saturated carbocycles. The Labute approximate surface area is 250 Å². The Bertz CT molecular complexity index is 2210. The number of H-pyrrole nitrogens is 2. The van der Waals surface area contributed by atoms with Crippen molar-refractivity contribution in [1.29, 1.82) is 0 Å². The molecule has 3 aromatic carbocycles. The number of nitrogens with one attached hydrogen (secondary N) is 3. The zero-order valence-corrected chi connectivity index (χ0v) is 23.8. The first-order chi connectivity index (χ1) is 20.4. The van der Waals surface area contributed by atoms with Gasteiger partial charge in [-0.1, -0.05) is 41.9 Å². The van der Waals surface area contributed by atoms with Crippen molar-refractivity contribution in [3.8, 4) is 22.6 Å². The molecule has 0 spiro atoms. The molecule has 0 fully saturated rings. The topological polar surface area (TPSA) is 130 Å². The fourth-order valence-electron chi connectivity index (χ4n) is 4.44. The summed E-state index contributed by atoms with van der Waals surface area (Å²) in [5, 5.41) is 5.29. The normalized spacial score (nSPS) is 12.1. The standard InChI is InChI=1S/C27H17ClF3N7O3S2/c28-16-6-8-17(9-7-16)37-23-21(22(34-35-23)27(29,30)31)24(39)38(26(37)42)18-10-12-19(13-11-18)43(40,41)36-25-32-14-20(33-25)15-4-2-1-3-5-15/h1-14H,(H,34,35)(H2,32,33,36). The van der Waals surface area contributed by atoms with E-state index in [1.165, 1.54) is 59.3 Å². The Hall–Kier alpha value is -4.73. The second kappa shape index (κ2) is 10.5. The SMILES string of the molecule is O=c1c2c(C(F)(F)F)[nH]nc2n(-c2ccc(Cl)cc2)c(=S)n1-c1ccc(S(=O)(=O)Nc2ncc(-c3ccccc3)[nH]2)cc1. The van der Waals surface area contributed by atoms with Gasteiger partial charge >= 0.3 is 6.18 Å². The van der Waals surface area contributed by atoms with Crippen LogP contribution in [0.25, 0.3) is 33.7 Å². The first-order valence-corrected chi connectivity index (χ1v) is 14.5. The van der Waals surface area contributed by atoms with Crippen LogP contribution in [-0.2, 0) is 16.2 Å². The molecule has 0 unspecified atom stereocenters. The Morgan fingerprint density at radius 1 is 0.907 bits per heavy atom. The van der Waals surface area contributed by atoms with Crippen LogP contribution in [0.5, 0.6) is 0 Å². The van der Waals surface area contributed by atoms with Crippen LogP contribution in [0.1, 0.15) is 5.69 Å². The highest BCUT2D eigenvalue weighted by Crippen LogP contribution is 2.33. The maximum Gasteiger partial charge on any atom is 0.433 e. The molecule has 0 aliphatic rings. The quantitative estimate of drug-likeness (QED) is 0.188. The Balaban J connectivity index is 1.42. The third-order valence-corrected chi connectivity index (χ3v) is 8.40. The van der Waals surface area contributed by atoms with Crippen LogP contribution >= 0.6 is 23.8 Å². The van der Waals surface area contributed by atoms with Crippen LogP contribution in [0.2, 0.25) is 5.02 Å². The van der Waals surface area contributed by atoms with Crippen molar-refractivity contribution in [2.24, 2.45) is 0 Å². The van der Waals surface area contributed by atoms with Gasteiger partial charge in [0.05, 0.1) is 28.2 Å². The molecule has 0 saturated heterocycles. The fraction of sp³-hybridized carbons (Fsp3) is 0.0370. The number of halogens is 4. The monoisotopic (exact) mass is 643 g/mol. The highest BCUT2D eigenvalue weighted by atomic mass is 35.5. The zero-order chi connectivity index (χ0) is 30.5. The molecule has 43 heavy (non-hydrogen) atoms. The van der Waals surface area contributed by atoms with E-state index in [9.17, 15) is 26.4 Å². The van der Waals surface area contributed by atoms with Crippen LogP contribution < -0.4 is 10.3 Å². The predicted octanol–water partition coefficient (Wildman–Crippen LogP) is 6.10. The third-order valence-electron chi connectivity index (χ3n) is 6.42. The second-order valence-corrected chi connectivity index (χ2v) is 11.6. The Morgan fingerprint density at radius 3 is 2.19 bits per heavy atom. The summed E-state index contributed by atoms with van der Waals surface area (Å²) in [7, 11) is -4.15. The molecule has 16 heteroatoms. The van der Waals surface area contributed by atoms with Gasteiger partial charge in [0.1, 0.15) is 5.39 Å². The highest BCUT2D eigenvalue weighted by molar-refractivity contribution is 7.92. The number of aromatic amines is 2. The minimum absolute atomic E-state index is 0.0252. The first kappa shape index (κ1) is 28.4. The number of hydrogen-bond acceptors (Lipinski definition) is 6. The number of rotatable bonds is 6. The molecule has 218 valence electrons.